The van der Waals surface area contributed by atoms with Crippen LogP contribution in [0.5, 0.6) is 0 Å². The number of rotatable bonds is 6. The van der Waals surface area contributed by atoms with E-state index in [-0.39, 0.29) is 0 Å². The van der Waals surface area contributed by atoms with Crippen molar-refractivity contribution in [2.45, 2.75) is 50.8 Å². The molecule has 0 aromatic carbocycles. The zero-order valence-electron chi connectivity index (χ0n) is 11.0. The highest BCUT2D eigenvalue weighted by Gasteiger charge is 2.35. The van der Waals surface area contributed by atoms with Crippen LogP contribution in [0.25, 0.3) is 0 Å². The van der Waals surface area contributed by atoms with E-state index in [0.29, 0.717) is 18.2 Å². The van der Waals surface area contributed by atoms with Crippen molar-refractivity contribution in [2.75, 3.05) is 26.2 Å². The van der Waals surface area contributed by atoms with Crippen molar-refractivity contribution in [2.24, 2.45) is 0 Å². The Labute approximate surface area is 105 Å². The summed E-state index contributed by atoms with van der Waals surface area (Å²) >= 11 is 0. The third-order valence-corrected chi connectivity index (χ3v) is 3.94. The van der Waals surface area contributed by atoms with Crippen LogP contribution in [0.4, 0.5) is 0 Å². The molecule has 3 unspecified atom stereocenters. The van der Waals surface area contributed by atoms with E-state index in [0.717, 1.165) is 26.1 Å². The average Bonchev–Trinajstić information content (AvgIpc) is 2.81. The quantitative estimate of drug-likeness (QED) is 0.714. The Kier molecular flexibility index (Phi) is 5.01. The summed E-state index contributed by atoms with van der Waals surface area (Å²) in [5.74, 6) is 0. The van der Waals surface area contributed by atoms with Gasteiger partial charge in [0.05, 0.1) is 12.7 Å². The first kappa shape index (κ1) is 13.1. The van der Waals surface area contributed by atoms with Crippen LogP contribution in [0.2, 0.25) is 0 Å². The molecule has 2 aliphatic heterocycles. The molecule has 0 aromatic heterocycles. The van der Waals surface area contributed by atoms with Gasteiger partial charge in [-0.25, -0.2) is 0 Å². The summed E-state index contributed by atoms with van der Waals surface area (Å²) in [4.78, 5) is 2.61. The molecule has 0 saturated carbocycles. The normalized spacial score (nSPS) is 31.1. The van der Waals surface area contributed by atoms with Crippen LogP contribution in [-0.4, -0.2) is 49.3 Å². The minimum atomic E-state index is 0.342. The van der Waals surface area contributed by atoms with Crippen LogP contribution in [0.1, 0.15) is 32.6 Å². The van der Waals surface area contributed by atoms with Gasteiger partial charge in [0.15, 0.2) is 0 Å². The predicted octanol–water partition coefficient (Wildman–Crippen LogP) is 1.79. The van der Waals surface area contributed by atoms with Crippen molar-refractivity contribution < 1.29 is 4.74 Å². The van der Waals surface area contributed by atoms with E-state index in [2.05, 4.69) is 23.7 Å². The fraction of sp³-hybridized carbons (Fsp3) is 0.857. The third-order valence-electron chi connectivity index (χ3n) is 3.94. The lowest BCUT2D eigenvalue weighted by Gasteiger charge is -2.39. The van der Waals surface area contributed by atoms with Gasteiger partial charge in [-0.15, -0.1) is 6.58 Å². The number of hydrogen-bond donors (Lipinski definition) is 1. The number of nitrogens with zero attached hydrogens (tertiary/aromatic N) is 1. The summed E-state index contributed by atoms with van der Waals surface area (Å²) in [5, 5.41) is 3.60. The summed E-state index contributed by atoms with van der Waals surface area (Å²) in [5.41, 5.74) is 0. The molecule has 3 heteroatoms. The molecule has 3 nitrogen and oxygen atoms in total. The van der Waals surface area contributed by atoms with Crippen LogP contribution in [0.3, 0.4) is 0 Å². The highest BCUT2D eigenvalue weighted by atomic mass is 16.5. The molecule has 2 heterocycles. The van der Waals surface area contributed by atoms with Crippen molar-refractivity contribution in [3.8, 4) is 0 Å². The standard InChI is InChI=1S/C14H26N2O/c1-3-6-13(15-8-4-2)14-10-16-9-5-7-12(16)11-17-14/h3,12-15H,1,4-11H2,2H3. The Morgan fingerprint density at radius 2 is 2.47 bits per heavy atom. The second-order valence-electron chi connectivity index (χ2n) is 5.25. The van der Waals surface area contributed by atoms with Gasteiger partial charge in [-0.05, 0) is 38.8 Å². The van der Waals surface area contributed by atoms with E-state index in [1.54, 1.807) is 0 Å². The van der Waals surface area contributed by atoms with Gasteiger partial charge in [0, 0.05) is 18.6 Å². The molecule has 2 rings (SSSR count). The van der Waals surface area contributed by atoms with Crippen molar-refractivity contribution in [1.82, 2.24) is 10.2 Å². The van der Waals surface area contributed by atoms with Crippen LogP contribution >= 0.6 is 0 Å². The second-order valence-corrected chi connectivity index (χ2v) is 5.25. The molecular formula is C14H26N2O. The second kappa shape index (κ2) is 6.53. The maximum Gasteiger partial charge on any atom is 0.0858 e. The fourth-order valence-corrected chi connectivity index (χ4v) is 2.96. The minimum absolute atomic E-state index is 0.342. The van der Waals surface area contributed by atoms with Crippen LogP contribution in [0.15, 0.2) is 12.7 Å². The van der Waals surface area contributed by atoms with Gasteiger partial charge in [0.25, 0.3) is 0 Å². The highest BCUT2D eigenvalue weighted by Crippen LogP contribution is 2.24. The van der Waals surface area contributed by atoms with Gasteiger partial charge in [-0.3, -0.25) is 4.90 Å². The molecule has 0 spiro atoms. The molecule has 2 aliphatic rings. The topological polar surface area (TPSA) is 24.5 Å². The first-order chi connectivity index (χ1) is 8.35. The van der Waals surface area contributed by atoms with E-state index < -0.39 is 0 Å². The lowest BCUT2D eigenvalue weighted by Crippen LogP contribution is -2.54. The maximum atomic E-state index is 6.05. The lowest BCUT2D eigenvalue weighted by atomic mass is 10.0. The third kappa shape index (κ3) is 3.30. The van der Waals surface area contributed by atoms with Crippen molar-refractivity contribution in [3.63, 3.8) is 0 Å². The first-order valence-electron chi connectivity index (χ1n) is 7.05. The molecule has 98 valence electrons. The van der Waals surface area contributed by atoms with Crippen molar-refractivity contribution in [3.05, 3.63) is 12.7 Å². The zero-order chi connectivity index (χ0) is 12.1. The van der Waals surface area contributed by atoms with E-state index in [4.69, 9.17) is 4.74 Å². The summed E-state index contributed by atoms with van der Waals surface area (Å²) in [6.45, 7) is 10.4. The summed E-state index contributed by atoms with van der Waals surface area (Å²) in [6.07, 6.45) is 7.19. The SMILES string of the molecule is C=CCC(NCCC)C1CN2CCCC2CO1. The van der Waals surface area contributed by atoms with Gasteiger partial charge in [-0.1, -0.05) is 13.0 Å². The zero-order valence-corrected chi connectivity index (χ0v) is 11.0. The number of ether oxygens (including phenoxy) is 1. The number of fused-ring (bicyclic) bond motifs is 1. The van der Waals surface area contributed by atoms with Crippen molar-refractivity contribution >= 4 is 0 Å². The largest absolute Gasteiger partial charge is 0.374 e. The minimum Gasteiger partial charge on any atom is -0.374 e. The Morgan fingerprint density at radius 3 is 3.24 bits per heavy atom. The van der Waals surface area contributed by atoms with Crippen LogP contribution in [-0.2, 0) is 4.74 Å². The number of morpholine rings is 1. The van der Waals surface area contributed by atoms with Crippen LogP contribution in [0, 0.1) is 0 Å². The fourth-order valence-electron chi connectivity index (χ4n) is 2.96. The molecule has 3 atom stereocenters. The predicted molar refractivity (Wildman–Crippen MR) is 71.2 cm³/mol. The van der Waals surface area contributed by atoms with Gasteiger partial charge in [-0.2, -0.15) is 0 Å². The van der Waals surface area contributed by atoms with Gasteiger partial charge in [0.2, 0.25) is 0 Å². The van der Waals surface area contributed by atoms with E-state index in [1.807, 2.05) is 6.08 Å². The molecule has 2 fully saturated rings. The molecule has 17 heavy (non-hydrogen) atoms. The molecule has 0 amide bonds. The van der Waals surface area contributed by atoms with E-state index in [1.165, 1.54) is 25.8 Å². The Morgan fingerprint density at radius 1 is 1.59 bits per heavy atom. The van der Waals surface area contributed by atoms with Gasteiger partial charge in [0.1, 0.15) is 0 Å². The molecule has 0 bridgehead atoms. The summed E-state index contributed by atoms with van der Waals surface area (Å²) in [6, 6.07) is 1.14. The molecule has 0 aliphatic carbocycles. The number of hydrogen-bond acceptors (Lipinski definition) is 3. The monoisotopic (exact) mass is 238 g/mol. The first-order valence-corrected chi connectivity index (χ1v) is 7.05. The van der Waals surface area contributed by atoms with Crippen molar-refractivity contribution in [1.29, 1.82) is 0 Å². The number of nitrogens with one attached hydrogen (secondary N) is 1. The Bertz CT molecular complexity index is 244. The maximum absolute atomic E-state index is 6.05. The van der Waals surface area contributed by atoms with E-state index in [9.17, 15) is 0 Å². The molecule has 2 saturated heterocycles. The van der Waals surface area contributed by atoms with Gasteiger partial charge < -0.3 is 10.1 Å². The molecular weight excluding hydrogens is 212 g/mol. The average molecular weight is 238 g/mol. The Balaban J connectivity index is 1.87. The van der Waals surface area contributed by atoms with Gasteiger partial charge >= 0.3 is 0 Å². The molecule has 1 N–H and O–H groups in total. The van der Waals surface area contributed by atoms with E-state index >= 15 is 0 Å². The van der Waals surface area contributed by atoms with Crippen LogP contribution < -0.4 is 5.32 Å². The summed E-state index contributed by atoms with van der Waals surface area (Å²) in [7, 11) is 0. The smallest absolute Gasteiger partial charge is 0.0858 e. The summed E-state index contributed by atoms with van der Waals surface area (Å²) < 4.78 is 6.05. The molecule has 0 aromatic rings. The molecule has 0 radical (unpaired) electrons. The lowest BCUT2D eigenvalue weighted by molar-refractivity contribution is -0.0639. The highest BCUT2D eigenvalue weighted by molar-refractivity contribution is 4.92. The Hall–Kier alpha value is -0.380.